The fourth-order valence-electron chi connectivity index (χ4n) is 4.89. The van der Waals surface area contributed by atoms with E-state index in [4.69, 9.17) is 4.74 Å². The molecule has 0 radical (unpaired) electrons. The normalized spacial score (nSPS) is 29.5. The maximum Gasteiger partial charge on any atom is 0.230 e. The topological polar surface area (TPSA) is 62.7 Å². The first-order chi connectivity index (χ1) is 14.0. The highest BCUT2D eigenvalue weighted by atomic mass is 32.1. The molecule has 2 bridgehead atoms. The number of hydrogen-bond donors (Lipinski definition) is 0. The van der Waals surface area contributed by atoms with Crippen molar-refractivity contribution in [2.24, 2.45) is 11.8 Å². The van der Waals surface area contributed by atoms with Gasteiger partial charge in [0.1, 0.15) is 10.6 Å². The van der Waals surface area contributed by atoms with Crippen LogP contribution in [0, 0.1) is 18.8 Å². The molecule has 0 unspecified atom stereocenters. The molecule has 4 heterocycles. The Morgan fingerprint density at radius 3 is 3.07 bits per heavy atom. The van der Waals surface area contributed by atoms with Crippen LogP contribution in [0.2, 0.25) is 0 Å². The highest BCUT2D eigenvalue weighted by Crippen LogP contribution is 2.52. The van der Waals surface area contributed by atoms with Crippen molar-refractivity contribution >= 4 is 23.2 Å². The number of aromatic nitrogens is 1. The van der Waals surface area contributed by atoms with Crippen LogP contribution in [-0.2, 0) is 27.4 Å². The van der Waals surface area contributed by atoms with Gasteiger partial charge in [-0.1, -0.05) is 42.0 Å². The van der Waals surface area contributed by atoms with Crippen LogP contribution in [0.1, 0.15) is 16.1 Å². The number of nitrogens with zero attached hydrogens (tertiary/aromatic N) is 3. The molecule has 1 spiro atoms. The predicted octanol–water partition coefficient (Wildman–Crippen LogP) is 2.39. The lowest BCUT2D eigenvalue weighted by Crippen LogP contribution is -2.44. The number of aryl methyl sites for hydroxylation is 1. The maximum absolute atomic E-state index is 13.3. The Kier molecular flexibility index (Phi) is 4.33. The van der Waals surface area contributed by atoms with E-state index in [-0.39, 0.29) is 17.9 Å². The molecule has 0 N–H and O–H groups in total. The Morgan fingerprint density at radius 1 is 1.45 bits per heavy atom. The van der Waals surface area contributed by atoms with Gasteiger partial charge in [-0.2, -0.15) is 0 Å². The molecule has 3 aliphatic rings. The number of benzene rings is 1. The van der Waals surface area contributed by atoms with E-state index >= 15 is 0 Å². The predicted molar refractivity (Wildman–Crippen MR) is 109 cm³/mol. The minimum Gasteiger partial charge on any atom is -0.360 e. The number of carbonyl (C=O) groups is 2. The summed E-state index contributed by atoms with van der Waals surface area (Å²) in [6.07, 6.45) is 5.37. The summed E-state index contributed by atoms with van der Waals surface area (Å²) >= 11 is 1.52. The number of carbonyl (C=O) groups excluding carboxylic acids is 2. The van der Waals surface area contributed by atoms with Crippen molar-refractivity contribution in [1.29, 1.82) is 0 Å². The van der Waals surface area contributed by atoms with E-state index in [1.165, 1.54) is 16.9 Å². The van der Waals surface area contributed by atoms with Crippen molar-refractivity contribution in [2.45, 2.75) is 31.7 Å². The van der Waals surface area contributed by atoms with E-state index in [1.807, 2.05) is 47.6 Å². The second-order valence-electron chi connectivity index (χ2n) is 8.20. The minimum absolute atomic E-state index is 0.0133. The third-order valence-electron chi connectivity index (χ3n) is 6.15. The Bertz CT molecular complexity index is 989. The second-order valence-corrected chi connectivity index (χ2v) is 9.18. The van der Waals surface area contributed by atoms with Gasteiger partial charge >= 0.3 is 0 Å². The number of likely N-dealkylation sites (tertiary alicyclic amines) is 1. The van der Waals surface area contributed by atoms with Crippen LogP contribution in [-0.4, -0.2) is 51.9 Å². The van der Waals surface area contributed by atoms with Crippen LogP contribution < -0.4 is 0 Å². The summed E-state index contributed by atoms with van der Waals surface area (Å²) in [4.78, 5) is 34.4. The van der Waals surface area contributed by atoms with Crippen molar-refractivity contribution in [3.8, 4) is 0 Å². The summed E-state index contributed by atoms with van der Waals surface area (Å²) in [5, 5.41) is 2.78. The molecule has 2 fully saturated rings. The van der Waals surface area contributed by atoms with Crippen molar-refractivity contribution in [1.82, 2.24) is 14.8 Å². The quantitative estimate of drug-likeness (QED) is 0.712. The first kappa shape index (κ1) is 18.5. The zero-order valence-corrected chi connectivity index (χ0v) is 17.3. The molecule has 0 saturated carbocycles. The van der Waals surface area contributed by atoms with Crippen LogP contribution in [0.25, 0.3) is 0 Å². The molecule has 1 aromatic heterocycles. The smallest absolute Gasteiger partial charge is 0.230 e. The van der Waals surface area contributed by atoms with E-state index in [1.54, 1.807) is 18.1 Å². The number of thiazole rings is 1. The molecule has 5 rings (SSSR count). The van der Waals surface area contributed by atoms with Crippen molar-refractivity contribution < 1.29 is 14.3 Å². The molecule has 1 aromatic carbocycles. The maximum atomic E-state index is 13.3. The SMILES string of the molecule is Cc1cccc(CN2C[C@]34C=C[C@H](O3)[C@@H](C(=O)N(C)Cc3nccs3)[C@H]4C2=O)c1. The molecule has 4 atom stereocenters. The summed E-state index contributed by atoms with van der Waals surface area (Å²) in [6, 6.07) is 8.18. The van der Waals surface area contributed by atoms with Gasteiger partial charge in [0.25, 0.3) is 0 Å². The lowest BCUT2D eigenvalue weighted by molar-refractivity contribution is -0.142. The average Bonchev–Trinajstić information content (AvgIpc) is 3.45. The fraction of sp³-hybridized carbons (Fsp3) is 0.409. The molecule has 7 heteroatoms. The van der Waals surface area contributed by atoms with Crippen LogP contribution in [0.5, 0.6) is 0 Å². The fourth-order valence-corrected chi connectivity index (χ4v) is 5.56. The third kappa shape index (κ3) is 3.00. The van der Waals surface area contributed by atoms with Crippen LogP contribution in [0.4, 0.5) is 0 Å². The van der Waals surface area contributed by atoms with Gasteiger partial charge in [0, 0.05) is 25.2 Å². The molecule has 2 aromatic rings. The third-order valence-corrected chi connectivity index (χ3v) is 6.92. The van der Waals surface area contributed by atoms with Gasteiger partial charge in [-0.25, -0.2) is 4.98 Å². The summed E-state index contributed by atoms with van der Waals surface area (Å²) in [5.74, 6) is -0.958. The van der Waals surface area contributed by atoms with E-state index in [2.05, 4.69) is 11.1 Å². The van der Waals surface area contributed by atoms with Crippen LogP contribution in [0.15, 0.2) is 48.0 Å². The van der Waals surface area contributed by atoms with Gasteiger partial charge in [-0.05, 0) is 12.5 Å². The van der Waals surface area contributed by atoms with Gasteiger partial charge in [0.2, 0.25) is 11.8 Å². The molecular weight excluding hydrogens is 386 g/mol. The number of rotatable bonds is 5. The van der Waals surface area contributed by atoms with Gasteiger partial charge in [-0.3, -0.25) is 9.59 Å². The van der Waals surface area contributed by atoms with Crippen molar-refractivity contribution in [3.05, 3.63) is 64.1 Å². The van der Waals surface area contributed by atoms with Crippen LogP contribution in [0.3, 0.4) is 0 Å². The summed E-state index contributed by atoms with van der Waals surface area (Å²) in [7, 11) is 1.77. The highest BCUT2D eigenvalue weighted by molar-refractivity contribution is 7.09. The molecule has 3 aliphatic heterocycles. The molecule has 2 amide bonds. The Labute approximate surface area is 173 Å². The summed E-state index contributed by atoms with van der Waals surface area (Å²) < 4.78 is 6.23. The zero-order valence-electron chi connectivity index (χ0n) is 16.4. The first-order valence-electron chi connectivity index (χ1n) is 9.82. The van der Waals surface area contributed by atoms with E-state index < -0.39 is 17.4 Å². The zero-order chi connectivity index (χ0) is 20.2. The van der Waals surface area contributed by atoms with E-state index in [9.17, 15) is 9.59 Å². The van der Waals surface area contributed by atoms with E-state index in [0.717, 1.165) is 10.6 Å². The summed E-state index contributed by atoms with van der Waals surface area (Å²) in [6.45, 7) is 3.53. The van der Waals surface area contributed by atoms with Crippen molar-refractivity contribution in [3.63, 3.8) is 0 Å². The Balaban J connectivity index is 1.37. The first-order valence-corrected chi connectivity index (χ1v) is 10.7. The van der Waals surface area contributed by atoms with Gasteiger partial charge in [-0.15, -0.1) is 11.3 Å². The number of amides is 2. The number of hydrogen-bond acceptors (Lipinski definition) is 5. The number of fused-ring (bicyclic) bond motifs is 1. The molecule has 150 valence electrons. The minimum atomic E-state index is -0.673. The van der Waals surface area contributed by atoms with E-state index in [0.29, 0.717) is 19.6 Å². The molecule has 2 saturated heterocycles. The average molecular weight is 410 g/mol. The summed E-state index contributed by atoms with van der Waals surface area (Å²) in [5.41, 5.74) is 1.59. The van der Waals surface area contributed by atoms with Gasteiger partial charge < -0.3 is 14.5 Å². The molecule has 0 aliphatic carbocycles. The van der Waals surface area contributed by atoms with Crippen LogP contribution >= 0.6 is 11.3 Å². The molecular formula is C22H23N3O3S. The number of ether oxygens (including phenoxy) is 1. The van der Waals surface area contributed by atoms with Gasteiger partial charge in [0.15, 0.2) is 0 Å². The Hall–Kier alpha value is -2.51. The van der Waals surface area contributed by atoms with Crippen molar-refractivity contribution in [2.75, 3.05) is 13.6 Å². The highest BCUT2D eigenvalue weighted by Gasteiger charge is 2.67. The Morgan fingerprint density at radius 2 is 2.31 bits per heavy atom. The molecule has 6 nitrogen and oxygen atoms in total. The lowest BCUT2D eigenvalue weighted by atomic mass is 9.76. The largest absolute Gasteiger partial charge is 0.360 e. The monoisotopic (exact) mass is 409 g/mol. The second kappa shape index (κ2) is 6.78. The van der Waals surface area contributed by atoms with Gasteiger partial charge in [0.05, 0.1) is 31.0 Å². The molecule has 29 heavy (non-hydrogen) atoms. The standard InChI is InChI=1S/C22H23N3O3S/c1-14-4-3-5-15(10-14)11-25-13-22-7-6-16(28-22)18(19(22)21(25)27)20(26)24(2)12-17-23-8-9-29-17/h3-10,16,18-19H,11-13H2,1-2H3/t16-,18+,19-,22-/m0/s1. The lowest BCUT2D eigenvalue weighted by Gasteiger charge is -2.27.